The van der Waals surface area contributed by atoms with Gasteiger partial charge in [-0.2, -0.15) is 0 Å². The van der Waals surface area contributed by atoms with E-state index in [-0.39, 0.29) is 5.91 Å². The monoisotopic (exact) mass is 557 g/mol. The molecule has 1 saturated heterocycles. The number of pyridine rings is 1. The zero-order chi connectivity index (χ0) is 28.6. The summed E-state index contributed by atoms with van der Waals surface area (Å²) in [7, 11) is 0. The Morgan fingerprint density at radius 3 is 2.45 bits per heavy atom. The summed E-state index contributed by atoms with van der Waals surface area (Å²) in [5, 5.41) is 2.41. The Bertz CT molecular complexity index is 1770. The summed E-state index contributed by atoms with van der Waals surface area (Å²) < 4.78 is 7.83. The first kappa shape index (κ1) is 26.9. The molecule has 42 heavy (non-hydrogen) atoms. The van der Waals surface area contributed by atoms with Gasteiger partial charge in [0.05, 0.1) is 30.1 Å². The maximum Gasteiger partial charge on any atom is 0.242 e. The van der Waals surface area contributed by atoms with Gasteiger partial charge in [0.25, 0.3) is 0 Å². The molecule has 214 valence electrons. The molecule has 5 aromatic rings. The van der Waals surface area contributed by atoms with E-state index in [1.54, 1.807) is 0 Å². The Labute approximate surface area is 248 Å². The molecule has 5 nitrogen and oxygen atoms in total. The summed E-state index contributed by atoms with van der Waals surface area (Å²) in [6.45, 7) is 7.17. The number of aryl methyl sites for hydroxylation is 2. The van der Waals surface area contributed by atoms with E-state index in [0.717, 1.165) is 33.2 Å². The van der Waals surface area contributed by atoms with E-state index in [0.29, 0.717) is 38.8 Å². The van der Waals surface area contributed by atoms with Gasteiger partial charge in [-0.1, -0.05) is 61.7 Å². The van der Waals surface area contributed by atoms with Crippen molar-refractivity contribution in [3.05, 3.63) is 89.5 Å². The molecule has 1 saturated carbocycles. The van der Waals surface area contributed by atoms with Crippen LogP contribution in [0.5, 0.6) is 0 Å². The highest BCUT2D eigenvalue weighted by Crippen LogP contribution is 2.44. The first-order valence-corrected chi connectivity index (χ1v) is 15.5. The number of carbonyl (C=O) groups excluding carboxylic acids is 1. The van der Waals surface area contributed by atoms with Gasteiger partial charge in [0.1, 0.15) is 6.54 Å². The molecule has 7 rings (SSSR count). The van der Waals surface area contributed by atoms with Crippen molar-refractivity contribution in [2.75, 3.05) is 26.3 Å². The first-order valence-electron chi connectivity index (χ1n) is 15.5. The quantitative estimate of drug-likeness (QED) is 0.220. The number of para-hydroxylation sites is 1. The van der Waals surface area contributed by atoms with Crippen LogP contribution in [0.1, 0.15) is 54.7 Å². The van der Waals surface area contributed by atoms with E-state index >= 15 is 0 Å². The molecule has 2 aliphatic rings. The van der Waals surface area contributed by atoms with E-state index in [1.165, 1.54) is 59.9 Å². The lowest BCUT2D eigenvalue weighted by Gasteiger charge is -2.28. The van der Waals surface area contributed by atoms with Crippen LogP contribution in [0, 0.1) is 13.8 Å². The topological polar surface area (TPSA) is 47.4 Å². The lowest BCUT2D eigenvalue weighted by molar-refractivity contribution is -0.135. The molecule has 3 heterocycles. The minimum Gasteiger partial charge on any atom is -0.378 e. The number of rotatable bonds is 5. The number of amides is 1. The largest absolute Gasteiger partial charge is 0.378 e. The summed E-state index contributed by atoms with van der Waals surface area (Å²) in [6, 6.07) is 26.2. The van der Waals surface area contributed by atoms with Gasteiger partial charge in [-0.25, -0.2) is 4.98 Å². The number of fused-ring (bicyclic) bond motifs is 2. The molecular weight excluding hydrogens is 518 g/mol. The van der Waals surface area contributed by atoms with Crippen LogP contribution in [0.4, 0.5) is 0 Å². The Morgan fingerprint density at radius 2 is 1.64 bits per heavy atom. The SMILES string of the molecule is Cc1ccc(-c2ccc3cc(-c4c(C5CCCCC5)c5ccccc5n4CC(=O)N4CCOCC4)ccc3n2)cc1C. The van der Waals surface area contributed by atoms with E-state index in [4.69, 9.17) is 9.72 Å². The molecule has 5 heteroatoms. The number of benzene rings is 3. The van der Waals surface area contributed by atoms with Gasteiger partial charge in [-0.3, -0.25) is 4.79 Å². The second-order valence-electron chi connectivity index (χ2n) is 12.1. The molecule has 0 spiro atoms. The van der Waals surface area contributed by atoms with Gasteiger partial charge in [0.15, 0.2) is 0 Å². The fourth-order valence-electron chi connectivity index (χ4n) is 6.99. The van der Waals surface area contributed by atoms with E-state index < -0.39 is 0 Å². The standard InChI is InChI=1S/C37H39N3O2/c1-25-12-13-28(22-26(25)2)32-16-14-29-23-30(15-17-33(29)38-32)37-36(27-8-4-3-5-9-27)31-10-6-7-11-34(31)40(37)24-35(41)39-18-20-42-21-19-39/h6-7,10-17,22-23,27H,3-5,8-9,18-21,24H2,1-2H3. The molecule has 1 aliphatic heterocycles. The van der Waals surface area contributed by atoms with Gasteiger partial charge in [-0.05, 0) is 85.2 Å². The maximum atomic E-state index is 13.6. The van der Waals surface area contributed by atoms with Crippen molar-refractivity contribution >= 4 is 27.7 Å². The summed E-state index contributed by atoms with van der Waals surface area (Å²) in [6.07, 6.45) is 6.24. The van der Waals surface area contributed by atoms with Gasteiger partial charge in [0.2, 0.25) is 5.91 Å². The van der Waals surface area contributed by atoms with Crippen LogP contribution in [0.3, 0.4) is 0 Å². The van der Waals surface area contributed by atoms with Crippen LogP contribution in [-0.2, 0) is 16.1 Å². The Balaban J connectivity index is 1.36. The van der Waals surface area contributed by atoms with Crippen LogP contribution in [0.2, 0.25) is 0 Å². The molecule has 0 bridgehead atoms. The van der Waals surface area contributed by atoms with Crippen molar-refractivity contribution < 1.29 is 9.53 Å². The number of aromatic nitrogens is 2. The van der Waals surface area contributed by atoms with Crippen molar-refractivity contribution in [3.8, 4) is 22.5 Å². The van der Waals surface area contributed by atoms with Crippen LogP contribution in [-0.4, -0.2) is 46.7 Å². The maximum absolute atomic E-state index is 13.6. The third kappa shape index (κ3) is 5.00. The predicted octanol–water partition coefficient (Wildman–Crippen LogP) is 8.05. The summed E-state index contributed by atoms with van der Waals surface area (Å²) in [5.74, 6) is 0.662. The number of carbonyl (C=O) groups is 1. The van der Waals surface area contributed by atoms with Crippen molar-refractivity contribution in [2.24, 2.45) is 0 Å². The number of hydrogen-bond acceptors (Lipinski definition) is 3. The van der Waals surface area contributed by atoms with Gasteiger partial charge >= 0.3 is 0 Å². The highest BCUT2D eigenvalue weighted by molar-refractivity contribution is 5.96. The van der Waals surface area contributed by atoms with Gasteiger partial charge < -0.3 is 14.2 Å². The molecule has 0 N–H and O–H groups in total. The second-order valence-corrected chi connectivity index (χ2v) is 12.1. The molecule has 0 unspecified atom stereocenters. The number of nitrogens with zero attached hydrogens (tertiary/aromatic N) is 3. The van der Waals surface area contributed by atoms with E-state index in [1.807, 2.05) is 4.90 Å². The number of morpholine rings is 1. The number of ether oxygens (including phenoxy) is 1. The average Bonchev–Trinajstić information content (AvgIpc) is 3.36. The summed E-state index contributed by atoms with van der Waals surface area (Å²) >= 11 is 0. The van der Waals surface area contributed by atoms with Crippen molar-refractivity contribution in [1.29, 1.82) is 0 Å². The smallest absolute Gasteiger partial charge is 0.242 e. The second kappa shape index (κ2) is 11.4. The van der Waals surface area contributed by atoms with Gasteiger partial charge in [0, 0.05) is 34.9 Å². The minimum atomic E-state index is 0.163. The molecular formula is C37H39N3O2. The third-order valence-electron chi connectivity index (χ3n) is 9.45. The highest BCUT2D eigenvalue weighted by atomic mass is 16.5. The Hall–Kier alpha value is -3.96. The molecule has 1 aliphatic carbocycles. The average molecular weight is 558 g/mol. The van der Waals surface area contributed by atoms with E-state index in [2.05, 4.69) is 91.2 Å². The zero-order valence-corrected chi connectivity index (χ0v) is 24.7. The summed E-state index contributed by atoms with van der Waals surface area (Å²) in [5.41, 5.74) is 10.6. The molecule has 2 aromatic heterocycles. The minimum absolute atomic E-state index is 0.163. The number of hydrogen-bond donors (Lipinski definition) is 0. The summed E-state index contributed by atoms with van der Waals surface area (Å²) in [4.78, 5) is 20.7. The molecule has 2 fully saturated rings. The normalized spacial score (nSPS) is 16.4. The van der Waals surface area contributed by atoms with Crippen LogP contribution in [0.25, 0.3) is 44.3 Å². The third-order valence-corrected chi connectivity index (χ3v) is 9.45. The molecule has 0 radical (unpaired) electrons. The lowest BCUT2D eigenvalue weighted by atomic mass is 9.82. The fraction of sp³-hybridized carbons (Fsp3) is 0.351. The Morgan fingerprint density at radius 1 is 0.857 bits per heavy atom. The molecule has 1 amide bonds. The van der Waals surface area contributed by atoms with Crippen LogP contribution in [0.15, 0.2) is 72.8 Å². The zero-order valence-electron chi connectivity index (χ0n) is 24.7. The Kier molecular flexibility index (Phi) is 7.29. The van der Waals surface area contributed by atoms with Crippen molar-refractivity contribution in [2.45, 2.75) is 58.4 Å². The van der Waals surface area contributed by atoms with Crippen LogP contribution >= 0.6 is 0 Å². The van der Waals surface area contributed by atoms with Crippen molar-refractivity contribution in [1.82, 2.24) is 14.5 Å². The first-order chi connectivity index (χ1) is 20.6. The highest BCUT2D eigenvalue weighted by Gasteiger charge is 2.28. The molecule has 0 atom stereocenters. The lowest BCUT2D eigenvalue weighted by Crippen LogP contribution is -2.42. The fourth-order valence-corrected chi connectivity index (χ4v) is 6.99. The van der Waals surface area contributed by atoms with Crippen LogP contribution < -0.4 is 0 Å². The molecule has 3 aromatic carbocycles. The van der Waals surface area contributed by atoms with E-state index in [9.17, 15) is 4.79 Å². The predicted molar refractivity (Wildman–Crippen MR) is 171 cm³/mol. The van der Waals surface area contributed by atoms with Crippen molar-refractivity contribution in [3.63, 3.8) is 0 Å². The van der Waals surface area contributed by atoms with Gasteiger partial charge in [-0.15, -0.1) is 0 Å².